The first-order valence-electron chi connectivity index (χ1n) is 7.81. The topological polar surface area (TPSA) is 101 Å². The van der Waals surface area contributed by atoms with E-state index >= 15 is 0 Å². The van der Waals surface area contributed by atoms with Gasteiger partial charge >= 0.3 is 0 Å². The molecule has 0 saturated heterocycles. The number of nitrogens with one attached hydrogen (secondary N) is 1. The van der Waals surface area contributed by atoms with E-state index in [1.54, 1.807) is 36.4 Å². The molecule has 0 aliphatic heterocycles. The van der Waals surface area contributed by atoms with Gasteiger partial charge in [-0.15, -0.1) is 0 Å². The van der Waals surface area contributed by atoms with Gasteiger partial charge in [0.1, 0.15) is 23.5 Å². The van der Waals surface area contributed by atoms with Crippen LogP contribution in [-0.4, -0.2) is 22.7 Å². The molecule has 0 aliphatic carbocycles. The van der Waals surface area contributed by atoms with E-state index in [9.17, 15) is 9.65 Å². The third-order valence-electron chi connectivity index (χ3n) is 3.68. The second-order valence-corrected chi connectivity index (χ2v) is 5.92. The molecule has 0 aliphatic rings. The van der Waals surface area contributed by atoms with Gasteiger partial charge < -0.3 is 15.5 Å². The summed E-state index contributed by atoms with van der Waals surface area (Å²) < 4.78 is 19.6. The van der Waals surface area contributed by atoms with Crippen LogP contribution in [0, 0.1) is 11.3 Å². The molecule has 1 atom stereocenters. The average molecular weight is 372 g/mol. The van der Waals surface area contributed by atoms with Crippen molar-refractivity contribution in [1.82, 2.24) is 9.97 Å². The summed E-state index contributed by atoms with van der Waals surface area (Å²) in [5.41, 5.74) is 6.82. The number of nitrogen functional groups attached to an aromatic ring is 1. The SMILES string of the molecule is N#Cc1c(NCC(F)Cc2ccccc2Cl)nc(N)nc1-c1ccco1. The minimum absolute atomic E-state index is 0.0422. The number of furan rings is 1. The van der Waals surface area contributed by atoms with E-state index in [4.69, 9.17) is 21.8 Å². The molecule has 8 heteroatoms. The molecule has 0 spiro atoms. The van der Waals surface area contributed by atoms with Gasteiger partial charge in [0, 0.05) is 18.0 Å². The molecule has 0 bridgehead atoms. The number of hydrogen-bond acceptors (Lipinski definition) is 6. The molecule has 2 aromatic heterocycles. The molecule has 6 nitrogen and oxygen atoms in total. The van der Waals surface area contributed by atoms with Gasteiger partial charge in [0.2, 0.25) is 5.95 Å². The monoisotopic (exact) mass is 371 g/mol. The third kappa shape index (κ3) is 3.92. The van der Waals surface area contributed by atoms with Crippen molar-refractivity contribution in [2.24, 2.45) is 0 Å². The molecule has 3 aromatic rings. The molecule has 0 radical (unpaired) electrons. The Morgan fingerprint density at radius 2 is 2.08 bits per heavy atom. The highest BCUT2D eigenvalue weighted by molar-refractivity contribution is 6.31. The zero-order valence-electron chi connectivity index (χ0n) is 13.6. The van der Waals surface area contributed by atoms with E-state index in [2.05, 4.69) is 15.3 Å². The van der Waals surface area contributed by atoms with Gasteiger partial charge in [-0.2, -0.15) is 10.2 Å². The lowest BCUT2D eigenvalue weighted by Gasteiger charge is -2.13. The molecule has 2 heterocycles. The van der Waals surface area contributed by atoms with E-state index in [-0.39, 0.29) is 36.0 Å². The van der Waals surface area contributed by atoms with E-state index in [0.717, 1.165) is 0 Å². The molecule has 0 fully saturated rings. The first-order chi connectivity index (χ1) is 12.6. The average Bonchev–Trinajstić information content (AvgIpc) is 3.16. The second kappa shape index (κ2) is 7.85. The number of benzene rings is 1. The Morgan fingerprint density at radius 1 is 1.27 bits per heavy atom. The Balaban J connectivity index is 1.78. The zero-order valence-corrected chi connectivity index (χ0v) is 14.4. The summed E-state index contributed by atoms with van der Waals surface area (Å²) >= 11 is 6.05. The van der Waals surface area contributed by atoms with Crippen molar-refractivity contribution in [3.8, 4) is 17.5 Å². The highest BCUT2D eigenvalue weighted by atomic mass is 35.5. The molecule has 0 amide bonds. The van der Waals surface area contributed by atoms with E-state index < -0.39 is 6.17 Å². The lowest BCUT2D eigenvalue weighted by molar-refractivity contribution is 0.347. The van der Waals surface area contributed by atoms with Gasteiger partial charge in [-0.05, 0) is 23.8 Å². The maximum Gasteiger partial charge on any atom is 0.222 e. The van der Waals surface area contributed by atoms with Crippen molar-refractivity contribution in [2.45, 2.75) is 12.6 Å². The fourth-order valence-electron chi connectivity index (χ4n) is 2.49. The van der Waals surface area contributed by atoms with Crippen LogP contribution in [0.5, 0.6) is 0 Å². The van der Waals surface area contributed by atoms with Gasteiger partial charge in [-0.3, -0.25) is 0 Å². The quantitative estimate of drug-likeness (QED) is 0.682. The van der Waals surface area contributed by atoms with E-state index in [1.165, 1.54) is 6.26 Å². The molecule has 132 valence electrons. The van der Waals surface area contributed by atoms with Crippen LogP contribution in [0.2, 0.25) is 5.02 Å². The lowest BCUT2D eigenvalue weighted by Crippen LogP contribution is -2.20. The summed E-state index contributed by atoms with van der Waals surface area (Å²) in [6.07, 6.45) is 0.369. The highest BCUT2D eigenvalue weighted by Gasteiger charge is 2.18. The van der Waals surface area contributed by atoms with Crippen molar-refractivity contribution in [3.05, 3.63) is 58.8 Å². The number of aromatic nitrogens is 2. The van der Waals surface area contributed by atoms with Crippen molar-refractivity contribution < 1.29 is 8.81 Å². The third-order valence-corrected chi connectivity index (χ3v) is 4.05. The number of rotatable bonds is 6. The Bertz CT molecular complexity index is 939. The van der Waals surface area contributed by atoms with Crippen LogP contribution in [0.1, 0.15) is 11.1 Å². The molecule has 26 heavy (non-hydrogen) atoms. The number of alkyl halides is 1. The van der Waals surface area contributed by atoms with Gasteiger partial charge in [0.25, 0.3) is 0 Å². The number of nitrogens with two attached hydrogens (primary N) is 1. The highest BCUT2D eigenvalue weighted by Crippen LogP contribution is 2.27. The molecular weight excluding hydrogens is 357 g/mol. The fourth-order valence-corrected chi connectivity index (χ4v) is 2.70. The maximum absolute atomic E-state index is 14.4. The fraction of sp³-hybridized carbons (Fsp3) is 0.167. The van der Waals surface area contributed by atoms with Gasteiger partial charge in [0.05, 0.1) is 6.26 Å². The van der Waals surface area contributed by atoms with Gasteiger partial charge in [-0.25, -0.2) is 9.37 Å². The first-order valence-corrected chi connectivity index (χ1v) is 8.19. The normalized spacial score (nSPS) is 11.7. The van der Waals surface area contributed by atoms with Crippen LogP contribution >= 0.6 is 11.6 Å². The predicted octanol–water partition coefficient (Wildman–Crippen LogP) is 3.84. The minimum atomic E-state index is -1.23. The second-order valence-electron chi connectivity index (χ2n) is 5.52. The first kappa shape index (κ1) is 17.7. The van der Waals surface area contributed by atoms with Crippen LogP contribution < -0.4 is 11.1 Å². The number of halogens is 2. The van der Waals surface area contributed by atoms with Gasteiger partial charge in [-0.1, -0.05) is 29.8 Å². The number of nitrogens with zero attached hydrogens (tertiary/aromatic N) is 3. The lowest BCUT2D eigenvalue weighted by atomic mass is 10.1. The minimum Gasteiger partial charge on any atom is -0.463 e. The Hall–Kier alpha value is -3.11. The van der Waals surface area contributed by atoms with Crippen LogP contribution in [0.3, 0.4) is 0 Å². The van der Waals surface area contributed by atoms with Crippen LogP contribution in [0.15, 0.2) is 47.1 Å². The van der Waals surface area contributed by atoms with Crippen LogP contribution in [0.4, 0.5) is 16.2 Å². The summed E-state index contributed by atoms with van der Waals surface area (Å²) in [6.45, 7) is -0.0616. The van der Waals surface area contributed by atoms with Crippen molar-refractivity contribution >= 4 is 23.4 Å². The summed E-state index contributed by atoms with van der Waals surface area (Å²) in [7, 11) is 0. The van der Waals surface area contributed by atoms with Crippen molar-refractivity contribution in [3.63, 3.8) is 0 Å². The summed E-state index contributed by atoms with van der Waals surface area (Å²) in [5, 5.41) is 12.8. The summed E-state index contributed by atoms with van der Waals surface area (Å²) in [5.74, 6) is 0.499. The standard InChI is InChI=1S/C18H15ClFN5O/c19-14-5-2-1-4-11(14)8-12(20)10-23-17-13(9-21)16(24-18(22)25-17)15-6-3-7-26-15/h1-7,12H,8,10H2,(H3,22,23,24,25). The number of anilines is 2. The maximum atomic E-state index is 14.4. The predicted molar refractivity (Wildman–Crippen MR) is 97.4 cm³/mol. The number of hydrogen-bond donors (Lipinski definition) is 2. The van der Waals surface area contributed by atoms with Crippen LogP contribution in [-0.2, 0) is 6.42 Å². The molecule has 3 rings (SSSR count). The smallest absolute Gasteiger partial charge is 0.222 e. The Kier molecular flexibility index (Phi) is 5.34. The Labute approximate surface area is 154 Å². The summed E-state index contributed by atoms with van der Waals surface area (Å²) in [6, 6.07) is 12.4. The molecule has 1 aromatic carbocycles. The van der Waals surface area contributed by atoms with E-state index in [0.29, 0.717) is 16.3 Å². The zero-order chi connectivity index (χ0) is 18.5. The van der Waals surface area contributed by atoms with Crippen molar-refractivity contribution in [2.75, 3.05) is 17.6 Å². The Morgan fingerprint density at radius 3 is 2.77 bits per heavy atom. The number of nitriles is 1. The van der Waals surface area contributed by atoms with Gasteiger partial charge in [0.15, 0.2) is 11.6 Å². The molecule has 3 N–H and O–H groups in total. The van der Waals surface area contributed by atoms with Crippen molar-refractivity contribution in [1.29, 1.82) is 5.26 Å². The molecular formula is C18H15ClFN5O. The summed E-state index contributed by atoms with van der Waals surface area (Å²) in [4.78, 5) is 8.06. The molecule has 0 saturated carbocycles. The van der Waals surface area contributed by atoms with E-state index in [1.807, 2.05) is 6.07 Å². The largest absolute Gasteiger partial charge is 0.463 e. The van der Waals surface area contributed by atoms with Crippen LogP contribution in [0.25, 0.3) is 11.5 Å². The molecule has 1 unspecified atom stereocenters.